The lowest BCUT2D eigenvalue weighted by atomic mass is 10.1. The normalized spacial score (nSPS) is 25.5. The second kappa shape index (κ2) is 5.92. The monoisotopic (exact) mass is 250 g/mol. The molecule has 3 aliphatic carbocycles. The van der Waals surface area contributed by atoms with Crippen LogP contribution in [0.3, 0.4) is 0 Å². The average molecular weight is 250 g/mol. The smallest absolute Gasteiger partial charge is 0.0124 e. The molecule has 2 heteroatoms. The van der Waals surface area contributed by atoms with E-state index in [-0.39, 0.29) is 0 Å². The zero-order valence-corrected chi connectivity index (χ0v) is 12.0. The van der Waals surface area contributed by atoms with Crippen LogP contribution >= 0.6 is 0 Å². The Labute approximate surface area is 113 Å². The molecular weight excluding hydrogens is 220 g/mol. The summed E-state index contributed by atoms with van der Waals surface area (Å²) in [6, 6.07) is 1.78. The van der Waals surface area contributed by atoms with Crippen molar-refractivity contribution >= 4 is 0 Å². The SMILES string of the molecule is CCN(CCNC(C1CC1)C1CC1)C1CCCC1. The number of hydrogen-bond donors (Lipinski definition) is 1. The second-order valence-corrected chi connectivity index (χ2v) is 6.72. The van der Waals surface area contributed by atoms with Gasteiger partial charge < -0.3 is 5.32 Å². The zero-order chi connectivity index (χ0) is 12.4. The van der Waals surface area contributed by atoms with Gasteiger partial charge in [-0.05, 0) is 56.9 Å². The van der Waals surface area contributed by atoms with Crippen molar-refractivity contribution < 1.29 is 0 Å². The molecule has 3 saturated carbocycles. The summed E-state index contributed by atoms with van der Waals surface area (Å²) in [5.74, 6) is 2.08. The Morgan fingerprint density at radius 2 is 1.61 bits per heavy atom. The zero-order valence-electron chi connectivity index (χ0n) is 12.0. The Morgan fingerprint density at radius 3 is 2.11 bits per heavy atom. The average Bonchev–Trinajstić information content (AvgIpc) is 3.31. The first-order valence-corrected chi connectivity index (χ1v) is 8.36. The van der Waals surface area contributed by atoms with E-state index in [1.165, 1.54) is 71.0 Å². The standard InChI is InChI=1S/C16H30N2/c1-2-18(15-5-3-4-6-15)12-11-17-16(13-7-8-13)14-9-10-14/h13-17H,2-12H2,1H3. The van der Waals surface area contributed by atoms with Crippen molar-refractivity contribution in [2.75, 3.05) is 19.6 Å². The van der Waals surface area contributed by atoms with Crippen LogP contribution in [0.15, 0.2) is 0 Å². The fourth-order valence-corrected chi connectivity index (χ4v) is 3.87. The lowest BCUT2D eigenvalue weighted by Gasteiger charge is -2.28. The van der Waals surface area contributed by atoms with Gasteiger partial charge in [-0.15, -0.1) is 0 Å². The van der Waals surface area contributed by atoms with Crippen LogP contribution in [0.4, 0.5) is 0 Å². The molecule has 2 nitrogen and oxygen atoms in total. The lowest BCUT2D eigenvalue weighted by Crippen LogP contribution is -2.42. The van der Waals surface area contributed by atoms with Crippen molar-refractivity contribution in [3.63, 3.8) is 0 Å². The molecule has 3 fully saturated rings. The topological polar surface area (TPSA) is 15.3 Å². The fraction of sp³-hybridized carbons (Fsp3) is 1.00. The van der Waals surface area contributed by atoms with Crippen molar-refractivity contribution in [1.29, 1.82) is 0 Å². The van der Waals surface area contributed by atoms with Crippen LogP contribution in [0.25, 0.3) is 0 Å². The van der Waals surface area contributed by atoms with Crippen LogP contribution in [-0.4, -0.2) is 36.6 Å². The molecule has 0 amide bonds. The second-order valence-electron chi connectivity index (χ2n) is 6.72. The van der Waals surface area contributed by atoms with Crippen molar-refractivity contribution in [3.8, 4) is 0 Å². The Bertz CT molecular complexity index is 240. The van der Waals surface area contributed by atoms with Gasteiger partial charge >= 0.3 is 0 Å². The van der Waals surface area contributed by atoms with Crippen LogP contribution in [-0.2, 0) is 0 Å². The highest BCUT2D eigenvalue weighted by atomic mass is 15.2. The summed E-state index contributed by atoms with van der Waals surface area (Å²) < 4.78 is 0. The minimum atomic E-state index is 0.882. The summed E-state index contributed by atoms with van der Waals surface area (Å²) in [6.45, 7) is 6.07. The molecule has 0 bridgehead atoms. The lowest BCUT2D eigenvalue weighted by molar-refractivity contribution is 0.204. The predicted molar refractivity (Wildman–Crippen MR) is 76.7 cm³/mol. The van der Waals surface area contributed by atoms with Crippen molar-refractivity contribution in [2.24, 2.45) is 11.8 Å². The molecule has 0 spiro atoms. The fourth-order valence-electron chi connectivity index (χ4n) is 3.87. The highest BCUT2D eigenvalue weighted by molar-refractivity contribution is 4.96. The molecule has 18 heavy (non-hydrogen) atoms. The van der Waals surface area contributed by atoms with Crippen LogP contribution in [0.5, 0.6) is 0 Å². The summed E-state index contributed by atoms with van der Waals surface area (Å²) in [6.07, 6.45) is 11.8. The minimum Gasteiger partial charge on any atom is -0.312 e. The Morgan fingerprint density at radius 1 is 1.00 bits per heavy atom. The van der Waals surface area contributed by atoms with E-state index in [9.17, 15) is 0 Å². The molecule has 3 rings (SSSR count). The van der Waals surface area contributed by atoms with Gasteiger partial charge in [0.05, 0.1) is 0 Å². The summed E-state index contributed by atoms with van der Waals surface area (Å²) >= 11 is 0. The summed E-state index contributed by atoms with van der Waals surface area (Å²) in [5.41, 5.74) is 0. The Balaban J connectivity index is 1.39. The van der Waals surface area contributed by atoms with E-state index in [1.807, 2.05) is 0 Å². The van der Waals surface area contributed by atoms with Crippen molar-refractivity contribution in [1.82, 2.24) is 10.2 Å². The third kappa shape index (κ3) is 3.27. The van der Waals surface area contributed by atoms with E-state index in [0.717, 1.165) is 23.9 Å². The molecule has 3 aliphatic rings. The van der Waals surface area contributed by atoms with E-state index in [0.29, 0.717) is 0 Å². The first-order chi connectivity index (χ1) is 8.88. The van der Waals surface area contributed by atoms with Gasteiger partial charge in [0.15, 0.2) is 0 Å². The number of likely N-dealkylation sites (N-methyl/N-ethyl adjacent to an activating group) is 1. The van der Waals surface area contributed by atoms with E-state index in [1.54, 1.807) is 0 Å². The van der Waals surface area contributed by atoms with Crippen LogP contribution in [0.2, 0.25) is 0 Å². The van der Waals surface area contributed by atoms with Gasteiger partial charge in [0.2, 0.25) is 0 Å². The van der Waals surface area contributed by atoms with Crippen molar-refractivity contribution in [3.05, 3.63) is 0 Å². The first-order valence-electron chi connectivity index (χ1n) is 8.36. The molecule has 1 N–H and O–H groups in total. The first kappa shape index (κ1) is 12.9. The molecule has 0 unspecified atom stereocenters. The van der Waals surface area contributed by atoms with Gasteiger partial charge in [-0.2, -0.15) is 0 Å². The Hall–Kier alpha value is -0.0800. The highest BCUT2D eigenvalue weighted by Gasteiger charge is 2.40. The van der Waals surface area contributed by atoms with Gasteiger partial charge in [0.1, 0.15) is 0 Å². The number of nitrogens with zero attached hydrogens (tertiary/aromatic N) is 1. The quantitative estimate of drug-likeness (QED) is 0.712. The number of hydrogen-bond acceptors (Lipinski definition) is 2. The molecule has 0 saturated heterocycles. The van der Waals surface area contributed by atoms with Crippen molar-refractivity contribution in [2.45, 2.75) is 70.4 Å². The largest absolute Gasteiger partial charge is 0.312 e. The van der Waals surface area contributed by atoms with Crippen LogP contribution < -0.4 is 5.32 Å². The molecule has 0 radical (unpaired) electrons. The minimum absolute atomic E-state index is 0.882. The third-order valence-electron chi connectivity index (χ3n) is 5.29. The molecule has 0 aromatic rings. The maximum Gasteiger partial charge on any atom is 0.0124 e. The van der Waals surface area contributed by atoms with Gasteiger partial charge in [-0.1, -0.05) is 19.8 Å². The summed E-state index contributed by atoms with van der Waals surface area (Å²) in [5, 5.41) is 3.89. The number of rotatable bonds is 8. The van der Waals surface area contributed by atoms with Gasteiger partial charge in [-0.25, -0.2) is 0 Å². The molecule has 0 aliphatic heterocycles. The summed E-state index contributed by atoms with van der Waals surface area (Å²) in [7, 11) is 0. The maximum absolute atomic E-state index is 3.89. The molecular formula is C16H30N2. The molecule has 104 valence electrons. The highest BCUT2D eigenvalue weighted by Crippen LogP contribution is 2.44. The van der Waals surface area contributed by atoms with Crippen LogP contribution in [0, 0.1) is 11.8 Å². The molecule has 0 atom stereocenters. The molecule has 0 aromatic heterocycles. The van der Waals surface area contributed by atoms with E-state index in [4.69, 9.17) is 0 Å². The van der Waals surface area contributed by atoms with E-state index >= 15 is 0 Å². The van der Waals surface area contributed by atoms with Crippen LogP contribution in [0.1, 0.15) is 58.3 Å². The van der Waals surface area contributed by atoms with E-state index in [2.05, 4.69) is 17.1 Å². The molecule has 0 heterocycles. The summed E-state index contributed by atoms with van der Waals surface area (Å²) in [4.78, 5) is 2.72. The van der Waals surface area contributed by atoms with Gasteiger partial charge in [0.25, 0.3) is 0 Å². The van der Waals surface area contributed by atoms with Gasteiger partial charge in [-0.3, -0.25) is 4.90 Å². The third-order valence-corrected chi connectivity index (χ3v) is 5.29. The molecule has 0 aromatic carbocycles. The van der Waals surface area contributed by atoms with E-state index < -0.39 is 0 Å². The Kier molecular flexibility index (Phi) is 4.25. The number of nitrogens with one attached hydrogen (secondary N) is 1. The maximum atomic E-state index is 3.89. The predicted octanol–water partition coefficient (Wildman–Crippen LogP) is 3.03. The van der Waals surface area contributed by atoms with Gasteiger partial charge in [0, 0.05) is 25.2 Å².